The average Bonchev–Trinajstić information content (AvgIpc) is 2.86. The first-order valence-electron chi connectivity index (χ1n) is 4.80. The zero-order valence-corrected chi connectivity index (χ0v) is 8.96. The summed E-state index contributed by atoms with van der Waals surface area (Å²) in [5.74, 6) is 2.74. The summed E-state index contributed by atoms with van der Waals surface area (Å²) >= 11 is 1.93. The van der Waals surface area contributed by atoms with Gasteiger partial charge in [-0.15, -0.1) is 0 Å². The third-order valence-electron chi connectivity index (χ3n) is 2.32. The van der Waals surface area contributed by atoms with Gasteiger partial charge in [-0.2, -0.15) is 11.8 Å². The smallest absolute Gasteiger partial charge is 0.404 e. The van der Waals surface area contributed by atoms with E-state index in [-0.39, 0.29) is 5.88 Å². The molecule has 6 heteroatoms. The van der Waals surface area contributed by atoms with Crippen LogP contribution in [0.15, 0.2) is 16.5 Å². The van der Waals surface area contributed by atoms with Crippen molar-refractivity contribution >= 4 is 17.6 Å². The van der Waals surface area contributed by atoms with E-state index >= 15 is 0 Å². The van der Waals surface area contributed by atoms with E-state index in [1.54, 1.807) is 6.07 Å². The van der Waals surface area contributed by atoms with E-state index in [9.17, 15) is 10.1 Å². The molecule has 2 heterocycles. The van der Waals surface area contributed by atoms with Crippen LogP contribution < -0.4 is 5.32 Å². The summed E-state index contributed by atoms with van der Waals surface area (Å²) in [7, 11) is 0. The van der Waals surface area contributed by atoms with Crippen molar-refractivity contribution in [2.75, 3.05) is 11.5 Å². The molecule has 1 aliphatic heterocycles. The Balaban J connectivity index is 1.84. The molecule has 0 aromatic carbocycles. The molecule has 0 radical (unpaired) electrons. The molecule has 1 N–H and O–H groups in total. The van der Waals surface area contributed by atoms with Crippen LogP contribution in [0.1, 0.15) is 12.2 Å². The highest BCUT2D eigenvalue weighted by Gasteiger charge is 2.16. The number of furan rings is 1. The monoisotopic (exact) mass is 228 g/mol. The molecule has 1 aliphatic rings. The Kier molecular flexibility index (Phi) is 3.27. The molecule has 15 heavy (non-hydrogen) atoms. The van der Waals surface area contributed by atoms with Crippen molar-refractivity contribution in [1.82, 2.24) is 5.32 Å². The molecule has 0 amide bonds. The third-order valence-corrected chi connectivity index (χ3v) is 3.48. The second-order valence-corrected chi connectivity index (χ2v) is 4.59. The predicted molar refractivity (Wildman–Crippen MR) is 57.9 cm³/mol. The summed E-state index contributed by atoms with van der Waals surface area (Å²) in [6.45, 7) is 0.569. The largest absolute Gasteiger partial charge is 0.433 e. The molecule has 0 aliphatic carbocycles. The Hall–Kier alpha value is -1.01. The van der Waals surface area contributed by atoms with Gasteiger partial charge >= 0.3 is 5.88 Å². The lowest BCUT2D eigenvalue weighted by atomic mass is 10.2. The first kappa shape index (κ1) is 10.5. The molecule has 1 fully saturated rings. The summed E-state index contributed by atoms with van der Waals surface area (Å²) in [6, 6.07) is 3.55. The Bertz CT molecular complexity index is 347. The molecule has 0 bridgehead atoms. The lowest BCUT2D eigenvalue weighted by Crippen LogP contribution is -2.27. The number of hydrogen-bond donors (Lipinski definition) is 1. The maximum absolute atomic E-state index is 10.4. The van der Waals surface area contributed by atoms with Gasteiger partial charge in [0.1, 0.15) is 10.7 Å². The highest BCUT2D eigenvalue weighted by molar-refractivity contribution is 7.99. The second-order valence-electron chi connectivity index (χ2n) is 3.44. The maximum atomic E-state index is 10.4. The summed E-state index contributed by atoms with van der Waals surface area (Å²) in [5.41, 5.74) is 0. The average molecular weight is 228 g/mol. The Labute approximate surface area is 91.4 Å². The highest BCUT2D eigenvalue weighted by atomic mass is 32.2. The van der Waals surface area contributed by atoms with E-state index in [1.165, 1.54) is 11.8 Å². The standard InChI is InChI=1S/C9H12N2O3S/c12-11(13)9-2-1-8(14-9)5-10-7-3-4-15-6-7/h1-2,7,10H,3-6H2. The molecule has 0 saturated carbocycles. The number of nitro groups is 1. The first-order valence-corrected chi connectivity index (χ1v) is 5.95. The number of nitrogens with one attached hydrogen (secondary N) is 1. The minimum Gasteiger partial charge on any atom is -0.404 e. The summed E-state index contributed by atoms with van der Waals surface area (Å²) in [6.07, 6.45) is 1.16. The van der Waals surface area contributed by atoms with E-state index in [1.807, 2.05) is 11.8 Å². The summed E-state index contributed by atoms with van der Waals surface area (Å²) in [4.78, 5) is 9.84. The van der Waals surface area contributed by atoms with Crippen molar-refractivity contribution < 1.29 is 9.34 Å². The van der Waals surface area contributed by atoms with Crippen LogP contribution in [0.5, 0.6) is 0 Å². The number of rotatable bonds is 4. The van der Waals surface area contributed by atoms with E-state index in [4.69, 9.17) is 4.42 Å². The van der Waals surface area contributed by atoms with Gasteiger partial charge in [0.25, 0.3) is 0 Å². The van der Waals surface area contributed by atoms with Gasteiger partial charge < -0.3 is 9.73 Å². The molecular weight excluding hydrogens is 216 g/mol. The number of hydrogen-bond acceptors (Lipinski definition) is 5. The van der Waals surface area contributed by atoms with Crippen LogP contribution in [-0.2, 0) is 6.54 Å². The lowest BCUT2D eigenvalue weighted by Gasteiger charge is -2.08. The molecule has 1 aromatic rings. The van der Waals surface area contributed by atoms with E-state index in [0.29, 0.717) is 18.3 Å². The van der Waals surface area contributed by atoms with Crippen LogP contribution in [0.3, 0.4) is 0 Å². The fourth-order valence-corrected chi connectivity index (χ4v) is 2.69. The van der Waals surface area contributed by atoms with E-state index in [2.05, 4.69) is 5.32 Å². The van der Waals surface area contributed by atoms with Crippen LogP contribution in [0.2, 0.25) is 0 Å². The quantitative estimate of drug-likeness (QED) is 0.628. The van der Waals surface area contributed by atoms with Crippen LogP contribution >= 0.6 is 11.8 Å². The van der Waals surface area contributed by atoms with Crippen LogP contribution in [0.4, 0.5) is 5.88 Å². The molecule has 0 spiro atoms. The molecule has 1 aromatic heterocycles. The van der Waals surface area contributed by atoms with Gasteiger partial charge in [0, 0.05) is 11.8 Å². The van der Waals surface area contributed by atoms with Gasteiger partial charge in [0.2, 0.25) is 0 Å². The zero-order chi connectivity index (χ0) is 10.7. The minimum absolute atomic E-state index is 0.187. The molecule has 82 valence electrons. The second kappa shape index (κ2) is 4.67. The lowest BCUT2D eigenvalue weighted by molar-refractivity contribution is -0.402. The van der Waals surface area contributed by atoms with E-state index < -0.39 is 4.92 Å². The topological polar surface area (TPSA) is 68.3 Å². The van der Waals surface area contributed by atoms with Gasteiger partial charge in [0.15, 0.2) is 0 Å². The van der Waals surface area contributed by atoms with Crippen molar-refractivity contribution in [3.8, 4) is 0 Å². The summed E-state index contributed by atoms with van der Waals surface area (Å²) in [5, 5.41) is 13.7. The highest BCUT2D eigenvalue weighted by Crippen LogP contribution is 2.19. The van der Waals surface area contributed by atoms with E-state index in [0.717, 1.165) is 12.2 Å². The van der Waals surface area contributed by atoms with Crippen LogP contribution in [0, 0.1) is 10.1 Å². The normalized spacial score (nSPS) is 20.7. The van der Waals surface area contributed by atoms with Crippen molar-refractivity contribution in [3.63, 3.8) is 0 Å². The maximum Gasteiger partial charge on any atom is 0.433 e. The zero-order valence-electron chi connectivity index (χ0n) is 8.14. The first-order chi connectivity index (χ1) is 7.25. The Morgan fingerprint density at radius 3 is 3.13 bits per heavy atom. The third kappa shape index (κ3) is 2.73. The van der Waals surface area contributed by atoms with Crippen LogP contribution in [0.25, 0.3) is 0 Å². The van der Waals surface area contributed by atoms with Gasteiger partial charge in [-0.25, -0.2) is 0 Å². The van der Waals surface area contributed by atoms with Gasteiger partial charge in [-0.05, 0) is 18.2 Å². The fraction of sp³-hybridized carbons (Fsp3) is 0.556. The van der Waals surface area contributed by atoms with Crippen molar-refractivity contribution in [2.45, 2.75) is 19.0 Å². The number of nitrogens with zero attached hydrogens (tertiary/aromatic N) is 1. The Morgan fingerprint density at radius 2 is 2.53 bits per heavy atom. The molecule has 1 saturated heterocycles. The van der Waals surface area contributed by atoms with Gasteiger partial charge in [-0.3, -0.25) is 10.1 Å². The molecule has 2 rings (SSSR count). The molecule has 1 atom stereocenters. The van der Waals surface area contributed by atoms with Crippen LogP contribution in [-0.4, -0.2) is 22.5 Å². The Morgan fingerprint density at radius 1 is 1.67 bits per heavy atom. The minimum atomic E-state index is -0.519. The number of thioether (sulfide) groups is 1. The fourth-order valence-electron chi connectivity index (χ4n) is 1.50. The SMILES string of the molecule is O=[N+]([O-])c1ccc(CNC2CCSC2)o1. The molecule has 5 nitrogen and oxygen atoms in total. The van der Waals surface area contributed by atoms with Crippen molar-refractivity contribution in [2.24, 2.45) is 0 Å². The predicted octanol–water partition coefficient (Wildman–Crippen LogP) is 1.78. The van der Waals surface area contributed by atoms with Gasteiger partial charge in [0.05, 0.1) is 12.6 Å². The molecule has 1 unspecified atom stereocenters. The molecular formula is C9H12N2O3S. The van der Waals surface area contributed by atoms with Crippen molar-refractivity contribution in [1.29, 1.82) is 0 Å². The van der Waals surface area contributed by atoms with Crippen molar-refractivity contribution in [3.05, 3.63) is 28.0 Å². The summed E-state index contributed by atoms with van der Waals surface area (Å²) < 4.78 is 5.04. The van der Waals surface area contributed by atoms with Gasteiger partial charge in [-0.1, -0.05) is 0 Å².